The molecule has 1 aliphatic rings. The molecule has 0 aromatic carbocycles. The molecular weight excluding hydrogens is 184 g/mol. The third-order valence-electron chi connectivity index (χ3n) is 2.75. The third kappa shape index (κ3) is 4.03. The van der Waals surface area contributed by atoms with Gasteiger partial charge in [0.2, 0.25) is 0 Å². The molecule has 0 amide bonds. The first-order chi connectivity index (χ1) is 6.22. The van der Waals surface area contributed by atoms with Crippen LogP contribution in [0.15, 0.2) is 0 Å². The summed E-state index contributed by atoms with van der Waals surface area (Å²) >= 11 is 1.63. The van der Waals surface area contributed by atoms with E-state index >= 15 is 0 Å². The Morgan fingerprint density at radius 2 is 2.31 bits per heavy atom. The highest BCUT2D eigenvalue weighted by Gasteiger charge is 2.21. The zero-order chi connectivity index (χ0) is 9.68. The number of carboxylic acids is 1. The summed E-state index contributed by atoms with van der Waals surface area (Å²) in [5.41, 5.74) is 0. The molecule has 0 aromatic rings. The van der Waals surface area contributed by atoms with Gasteiger partial charge in [-0.1, -0.05) is 26.2 Å². The van der Waals surface area contributed by atoms with Crippen LogP contribution in [0.2, 0.25) is 0 Å². The second kappa shape index (κ2) is 5.53. The van der Waals surface area contributed by atoms with Crippen LogP contribution in [0.5, 0.6) is 0 Å². The molecule has 76 valence electrons. The van der Waals surface area contributed by atoms with E-state index in [0.717, 1.165) is 5.92 Å². The quantitative estimate of drug-likeness (QED) is 0.761. The van der Waals surface area contributed by atoms with Crippen LogP contribution < -0.4 is 0 Å². The lowest BCUT2D eigenvalue weighted by Gasteiger charge is -2.27. The number of carbonyl (C=O) groups is 1. The molecule has 13 heavy (non-hydrogen) atoms. The monoisotopic (exact) mass is 202 g/mol. The maximum absolute atomic E-state index is 10.4. The Morgan fingerprint density at radius 1 is 1.54 bits per heavy atom. The van der Waals surface area contributed by atoms with Crippen molar-refractivity contribution in [3.05, 3.63) is 0 Å². The summed E-state index contributed by atoms with van der Waals surface area (Å²) in [5, 5.41) is 9.15. The Bertz CT molecular complexity index is 170. The lowest BCUT2D eigenvalue weighted by molar-refractivity contribution is -0.133. The predicted octanol–water partition coefficient (Wildman–Crippen LogP) is 2.77. The fourth-order valence-electron chi connectivity index (χ4n) is 1.95. The van der Waals surface area contributed by atoms with Crippen molar-refractivity contribution in [3.8, 4) is 0 Å². The van der Waals surface area contributed by atoms with Crippen LogP contribution in [-0.4, -0.2) is 22.1 Å². The summed E-state index contributed by atoms with van der Waals surface area (Å²) in [4.78, 5) is 10.4. The van der Waals surface area contributed by atoms with Crippen LogP contribution in [0.3, 0.4) is 0 Å². The summed E-state index contributed by atoms with van der Waals surface area (Å²) in [6.45, 7) is 2.23. The van der Waals surface area contributed by atoms with Crippen molar-refractivity contribution >= 4 is 17.7 Å². The Balaban J connectivity index is 2.21. The molecule has 2 unspecified atom stereocenters. The van der Waals surface area contributed by atoms with E-state index in [1.807, 2.05) is 0 Å². The SMILES string of the molecule is CCC1CCCC(SCC(=O)O)C1. The molecule has 0 heterocycles. The Hall–Kier alpha value is -0.180. The van der Waals surface area contributed by atoms with Gasteiger partial charge in [-0.05, 0) is 18.8 Å². The van der Waals surface area contributed by atoms with Crippen LogP contribution in [0, 0.1) is 5.92 Å². The van der Waals surface area contributed by atoms with Crippen molar-refractivity contribution in [3.63, 3.8) is 0 Å². The Labute approximate surface area is 84.1 Å². The van der Waals surface area contributed by atoms with E-state index in [1.54, 1.807) is 11.8 Å². The summed E-state index contributed by atoms with van der Waals surface area (Å²) in [6, 6.07) is 0. The van der Waals surface area contributed by atoms with Crippen molar-refractivity contribution in [2.75, 3.05) is 5.75 Å². The van der Waals surface area contributed by atoms with Gasteiger partial charge in [0.15, 0.2) is 0 Å². The van der Waals surface area contributed by atoms with E-state index in [4.69, 9.17) is 5.11 Å². The first-order valence-corrected chi connectivity index (χ1v) is 6.10. The average molecular weight is 202 g/mol. The lowest BCUT2D eigenvalue weighted by atomic mass is 9.87. The van der Waals surface area contributed by atoms with Crippen molar-refractivity contribution in [2.45, 2.75) is 44.3 Å². The van der Waals surface area contributed by atoms with Crippen molar-refractivity contribution < 1.29 is 9.90 Å². The number of hydrogen-bond acceptors (Lipinski definition) is 2. The van der Waals surface area contributed by atoms with Gasteiger partial charge in [-0.15, -0.1) is 11.8 Å². The molecule has 1 N–H and O–H groups in total. The largest absolute Gasteiger partial charge is 0.481 e. The molecule has 0 aromatic heterocycles. The minimum absolute atomic E-state index is 0.279. The van der Waals surface area contributed by atoms with Gasteiger partial charge in [-0.3, -0.25) is 4.79 Å². The molecule has 2 atom stereocenters. The van der Waals surface area contributed by atoms with Gasteiger partial charge in [0.25, 0.3) is 0 Å². The summed E-state index contributed by atoms with van der Waals surface area (Å²) < 4.78 is 0. The zero-order valence-electron chi connectivity index (χ0n) is 8.16. The molecule has 1 saturated carbocycles. The second-order valence-electron chi connectivity index (χ2n) is 3.77. The molecule has 0 spiro atoms. The normalized spacial score (nSPS) is 28.7. The molecular formula is C10H18O2S. The van der Waals surface area contributed by atoms with Crippen molar-refractivity contribution in [2.24, 2.45) is 5.92 Å². The summed E-state index contributed by atoms with van der Waals surface area (Å²) in [6.07, 6.45) is 6.34. The lowest BCUT2D eigenvalue weighted by Crippen LogP contribution is -2.18. The van der Waals surface area contributed by atoms with Crippen LogP contribution in [0.1, 0.15) is 39.0 Å². The molecule has 2 nitrogen and oxygen atoms in total. The first kappa shape index (κ1) is 10.9. The van der Waals surface area contributed by atoms with Crippen LogP contribution >= 0.6 is 11.8 Å². The smallest absolute Gasteiger partial charge is 0.313 e. The van der Waals surface area contributed by atoms with Crippen LogP contribution in [0.4, 0.5) is 0 Å². The molecule has 1 fully saturated rings. The van der Waals surface area contributed by atoms with Gasteiger partial charge >= 0.3 is 5.97 Å². The van der Waals surface area contributed by atoms with E-state index in [1.165, 1.54) is 32.1 Å². The zero-order valence-corrected chi connectivity index (χ0v) is 8.98. The molecule has 1 rings (SSSR count). The molecule has 1 aliphatic carbocycles. The van der Waals surface area contributed by atoms with E-state index in [9.17, 15) is 4.79 Å². The maximum atomic E-state index is 10.4. The minimum Gasteiger partial charge on any atom is -0.481 e. The number of rotatable bonds is 4. The standard InChI is InChI=1S/C10H18O2S/c1-2-8-4-3-5-9(6-8)13-7-10(11)12/h8-9H,2-7H2,1H3,(H,11,12). The van der Waals surface area contributed by atoms with E-state index < -0.39 is 5.97 Å². The third-order valence-corrected chi connectivity index (χ3v) is 4.07. The average Bonchev–Trinajstić information content (AvgIpc) is 2.15. The van der Waals surface area contributed by atoms with Crippen molar-refractivity contribution in [1.82, 2.24) is 0 Å². The van der Waals surface area contributed by atoms with Gasteiger partial charge in [-0.25, -0.2) is 0 Å². The molecule has 0 aliphatic heterocycles. The molecule has 0 bridgehead atoms. The van der Waals surface area contributed by atoms with Crippen LogP contribution in [-0.2, 0) is 4.79 Å². The predicted molar refractivity (Wildman–Crippen MR) is 56.1 cm³/mol. The van der Waals surface area contributed by atoms with Gasteiger partial charge in [0.1, 0.15) is 0 Å². The Kier molecular flexibility index (Phi) is 4.64. The van der Waals surface area contributed by atoms with Gasteiger partial charge < -0.3 is 5.11 Å². The van der Waals surface area contributed by atoms with Crippen molar-refractivity contribution in [1.29, 1.82) is 0 Å². The summed E-state index contributed by atoms with van der Waals surface area (Å²) in [7, 11) is 0. The number of carboxylic acid groups (broad SMARTS) is 1. The van der Waals surface area contributed by atoms with E-state index in [-0.39, 0.29) is 5.75 Å². The highest BCUT2D eigenvalue weighted by Crippen LogP contribution is 2.33. The fraction of sp³-hybridized carbons (Fsp3) is 0.900. The fourth-order valence-corrected chi connectivity index (χ4v) is 3.07. The number of thioether (sulfide) groups is 1. The van der Waals surface area contributed by atoms with Gasteiger partial charge in [-0.2, -0.15) is 0 Å². The second-order valence-corrected chi connectivity index (χ2v) is 5.06. The molecule has 3 heteroatoms. The number of hydrogen-bond donors (Lipinski definition) is 1. The first-order valence-electron chi connectivity index (χ1n) is 5.05. The maximum Gasteiger partial charge on any atom is 0.313 e. The topological polar surface area (TPSA) is 37.3 Å². The van der Waals surface area contributed by atoms with E-state index in [2.05, 4.69) is 6.92 Å². The highest BCUT2D eigenvalue weighted by molar-refractivity contribution is 8.00. The minimum atomic E-state index is -0.677. The summed E-state index contributed by atoms with van der Waals surface area (Å²) in [5.74, 6) is 0.449. The van der Waals surface area contributed by atoms with Gasteiger partial charge in [0, 0.05) is 5.25 Å². The Morgan fingerprint density at radius 3 is 2.92 bits per heavy atom. The van der Waals surface area contributed by atoms with E-state index in [0.29, 0.717) is 5.25 Å². The van der Waals surface area contributed by atoms with Crippen LogP contribution in [0.25, 0.3) is 0 Å². The highest BCUT2D eigenvalue weighted by atomic mass is 32.2. The molecule has 0 saturated heterocycles. The number of aliphatic carboxylic acids is 1. The van der Waals surface area contributed by atoms with Gasteiger partial charge in [0.05, 0.1) is 5.75 Å². The molecule has 0 radical (unpaired) electrons.